The molecular formula is C23H19N3O2. The number of anilines is 1. The zero-order valence-corrected chi connectivity index (χ0v) is 15.4. The summed E-state index contributed by atoms with van der Waals surface area (Å²) in [6, 6.07) is 12.1. The first-order chi connectivity index (χ1) is 13.7. The van der Waals surface area contributed by atoms with Gasteiger partial charge in [0.1, 0.15) is 5.69 Å². The van der Waals surface area contributed by atoms with Crippen LogP contribution in [-0.2, 0) is 11.2 Å². The number of carbonyl (C=O) groups excluding carboxylic acids is 2. The van der Waals surface area contributed by atoms with Gasteiger partial charge in [-0.1, -0.05) is 12.1 Å². The number of carbonyl (C=O) groups is 2. The van der Waals surface area contributed by atoms with Crippen LogP contribution in [0.2, 0.25) is 0 Å². The molecule has 0 saturated carbocycles. The van der Waals surface area contributed by atoms with Gasteiger partial charge < -0.3 is 4.90 Å². The molecule has 5 nitrogen and oxygen atoms in total. The van der Waals surface area contributed by atoms with Gasteiger partial charge in [-0.3, -0.25) is 19.6 Å². The van der Waals surface area contributed by atoms with Gasteiger partial charge in [-0.05, 0) is 53.8 Å². The van der Waals surface area contributed by atoms with E-state index in [-0.39, 0.29) is 11.7 Å². The van der Waals surface area contributed by atoms with Gasteiger partial charge in [0.15, 0.2) is 5.78 Å². The first kappa shape index (κ1) is 16.8. The minimum Gasteiger partial charge on any atom is -0.312 e. The summed E-state index contributed by atoms with van der Waals surface area (Å²) < 4.78 is 0. The summed E-state index contributed by atoms with van der Waals surface area (Å²) in [6.45, 7) is 0.793. The highest BCUT2D eigenvalue weighted by Gasteiger charge is 2.24. The Labute approximate surface area is 163 Å². The summed E-state index contributed by atoms with van der Waals surface area (Å²) in [5.41, 5.74) is 6.64. The lowest BCUT2D eigenvalue weighted by Crippen LogP contribution is -2.23. The minimum absolute atomic E-state index is 0.119. The van der Waals surface area contributed by atoms with Gasteiger partial charge in [0, 0.05) is 54.8 Å². The van der Waals surface area contributed by atoms with E-state index in [1.807, 2.05) is 47.6 Å². The van der Waals surface area contributed by atoms with Crippen molar-refractivity contribution < 1.29 is 9.59 Å². The van der Waals surface area contributed by atoms with Crippen molar-refractivity contribution in [2.24, 2.45) is 0 Å². The predicted octanol–water partition coefficient (Wildman–Crippen LogP) is 4.07. The van der Waals surface area contributed by atoms with Crippen molar-refractivity contribution in [3.05, 3.63) is 66.2 Å². The molecule has 5 heteroatoms. The molecule has 3 heterocycles. The number of aromatic nitrogens is 2. The van der Waals surface area contributed by atoms with Crippen LogP contribution < -0.4 is 4.90 Å². The van der Waals surface area contributed by atoms with Crippen LogP contribution in [0.15, 0.2) is 55.0 Å². The second-order valence-electron chi connectivity index (χ2n) is 7.27. The lowest BCUT2D eigenvalue weighted by molar-refractivity contribution is -0.117. The Morgan fingerprint density at radius 3 is 2.46 bits per heavy atom. The average Bonchev–Trinajstić information content (AvgIpc) is 3.34. The molecule has 0 radical (unpaired) electrons. The fourth-order valence-corrected chi connectivity index (χ4v) is 4.11. The summed E-state index contributed by atoms with van der Waals surface area (Å²) in [4.78, 5) is 34.5. The number of hydrogen-bond acceptors (Lipinski definition) is 4. The fraction of sp³-hybridized carbons (Fsp3) is 0.217. The molecule has 138 valence electrons. The second kappa shape index (κ2) is 6.68. The van der Waals surface area contributed by atoms with Gasteiger partial charge in [0.2, 0.25) is 5.91 Å². The van der Waals surface area contributed by atoms with E-state index in [0.717, 1.165) is 52.9 Å². The normalized spacial score (nSPS) is 15.9. The first-order valence-electron chi connectivity index (χ1n) is 9.58. The number of ketones is 1. The maximum atomic E-state index is 12.0. The van der Waals surface area contributed by atoms with Crippen LogP contribution >= 0.6 is 0 Å². The molecule has 1 saturated heterocycles. The molecule has 1 aromatic carbocycles. The minimum atomic E-state index is 0.119. The number of nitrogens with zero attached hydrogens (tertiary/aromatic N) is 3. The lowest BCUT2D eigenvalue weighted by atomic mass is 9.98. The molecule has 0 spiro atoms. The molecular weight excluding hydrogens is 350 g/mol. The van der Waals surface area contributed by atoms with Crippen molar-refractivity contribution in [2.45, 2.75) is 25.7 Å². The number of rotatable bonds is 3. The maximum Gasteiger partial charge on any atom is 0.227 e. The Hall–Kier alpha value is -3.34. The number of benzene rings is 1. The molecule has 0 atom stereocenters. The average molecular weight is 369 g/mol. The van der Waals surface area contributed by atoms with Gasteiger partial charge in [-0.25, -0.2) is 0 Å². The molecule has 28 heavy (non-hydrogen) atoms. The third-order valence-electron chi connectivity index (χ3n) is 5.56. The van der Waals surface area contributed by atoms with E-state index in [1.54, 1.807) is 6.20 Å². The van der Waals surface area contributed by atoms with Crippen molar-refractivity contribution in [3.63, 3.8) is 0 Å². The van der Waals surface area contributed by atoms with Crippen LogP contribution in [0.5, 0.6) is 0 Å². The highest BCUT2D eigenvalue weighted by molar-refractivity contribution is 6.00. The van der Waals surface area contributed by atoms with Crippen molar-refractivity contribution in [1.29, 1.82) is 0 Å². The Bertz CT molecular complexity index is 1090. The number of Topliss-reactive ketones (excluding diaryl/α,β-unsaturated/α-hetero) is 1. The Morgan fingerprint density at radius 2 is 1.68 bits per heavy atom. The van der Waals surface area contributed by atoms with Gasteiger partial charge in [0.25, 0.3) is 0 Å². The zero-order valence-electron chi connectivity index (χ0n) is 15.4. The molecule has 1 fully saturated rings. The topological polar surface area (TPSA) is 63.2 Å². The third kappa shape index (κ3) is 2.80. The molecule has 2 aliphatic rings. The molecule has 5 rings (SSSR count). The Kier molecular flexibility index (Phi) is 4.01. The highest BCUT2D eigenvalue weighted by Crippen LogP contribution is 2.33. The lowest BCUT2D eigenvalue weighted by Gasteiger charge is -2.16. The van der Waals surface area contributed by atoms with Crippen LogP contribution in [0.4, 0.5) is 5.69 Å². The van der Waals surface area contributed by atoms with Gasteiger partial charge >= 0.3 is 0 Å². The molecule has 1 aliphatic heterocycles. The standard InChI is InChI=1S/C23H19N3O2/c27-21-8-7-20-19(9-10-25-23(20)21)17-12-16(13-24-14-17)15-3-5-18(6-4-15)26-11-1-2-22(26)28/h3-6,9-10,12-14H,1-2,7-8,11H2. The SMILES string of the molecule is O=C1CCc2c(-c3cncc(-c4ccc(N5CCCC5=O)cc4)c3)ccnc21. The van der Waals surface area contributed by atoms with Crippen LogP contribution in [0, 0.1) is 0 Å². The smallest absolute Gasteiger partial charge is 0.227 e. The van der Waals surface area contributed by atoms with Crippen molar-refractivity contribution in [3.8, 4) is 22.3 Å². The van der Waals surface area contributed by atoms with Crippen molar-refractivity contribution >= 4 is 17.4 Å². The molecule has 1 aliphatic carbocycles. The van der Waals surface area contributed by atoms with E-state index in [4.69, 9.17) is 0 Å². The summed E-state index contributed by atoms with van der Waals surface area (Å²) >= 11 is 0. The molecule has 2 aromatic heterocycles. The van der Waals surface area contributed by atoms with Crippen LogP contribution in [0.25, 0.3) is 22.3 Å². The zero-order chi connectivity index (χ0) is 19.1. The molecule has 1 amide bonds. The predicted molar refractivity (Wildman–Crippen MR) is 107 cm³/mol. The van der Waals surface area contributed by atoms with E-state index in [9.17, 15) is 9.59 Å². The van der Waals surface area contributed by atoms with Gasteiger partial charge in [-0.2, -0.15) is 0 Å². The molecule has 3 aromatic rings. The molecule has 0 N–H and O–H groups in total. The first-order valence-corrected chi connectivity index (χ1v) is 9.58. The second-order valence-corrected chi connectivity index (χ2v) is 7.27. The van der Waals surface area contributed by atoms with Gasteiger partial charge in [-0.15, -0.1) is 0 Å². The Morgan fingerprint density at radius 1 is 0.857 bits per heavy atom. The van der Waals surface area contributed by atoms with Crippen molar-refractivity contribution in [2.75, 3.05) is 11.4 Å². The van der Waals surface area contributed by atoms with E-state index >= 15 is 0 Å². The fourth-order valence-electron chi connectivity index (χ4n) is 4.11. The van der Waals surface area contributed by atoms with Gasteiger partial charge in [0.05, 0.1) is 0 Å². The third-order valence-corrected chi connectivity index (χ3v) is 5.56. The highest BCUT2D eigenvalue weighted by atomic mass is 16.2. The summed E-state index contributed by atoms with van der Waals surface area (Å²) in [5, 5.41) is 0. The van der Waals surface area contributed by atoms with Crippen LogP contribution in [0.3, 0.4) is 0 Å². The van der Waals surface area contributed by atoms with Crippen LogP contribution in [0.1, 0.15) is 35.3 Å². The molecule has 0 unspecified atom stereocenters. The summed E-state index contributed by atoms with van der Waals surface area (Å²) in [5.74, 6) is 0.311. The number of hydrogen-bond donors (Lipinski definition) is 0. The Balaban J connectivity index is 1.49. The van der Waals surface area contributed by atoms with E-state index in [1.165, 1.54) is 0 Å². The number of amides is 1. The summed E-state index contributed by atoms with van der Waals surface area (Å²) in [6.07, 6.45) is 8.19. The quantitative estimate of drug-likeness (QED) is 0.698. The summed E-state index contributed by atoms with van der Waals surface area (Å²) in [7, 11) is 0. The van der Waals surface area contributed by atoms with Crippen LogP contribution in [-0.4, -0.2) is 28.2 Å². The maximum absolute atomic E-state index is 12.0. The van der Waals surface area contributed by atoms with E-state index < -0.39 is 0 Å². The largest absolute Gasteiger partial charge is 0.312 e. The number of fused-ring (bicyclic) bond motifs is 1. The van der Waals surface area contributed by atoms with Crippen molar-refractivity contribution in [1.82, 2.24) is 9.97 Å². The van der Waals surface area contributed by atoms with E-state index in [0.29, 0.717) is 18.5 Å². The number of pyridine rings is 2. The monoisotopic (exact) mass is 369 g/mol. The molecule has 0 bridgehead atoms. The van der Waals surface area contributed by atoms with E-state index in [2.05, 4.69) is 16.0 Å².